The number of halogens is 2. The third-order valence-electron chi connectivity index (χ3n) is 1.66. The van der Waals surface area contributed by atoms with E-state index in [1.165, 1.54) is 18.2 Å². The molecule has 1 aromatic carbocycles. The summed E-state index contributed by atoms with van der Waals surface area (Å²) in [5.41, 5.74) is 0.961. The Balaban J connectivity index is 2.91. The molecule has 0 atom stereocenters. The Morgan fingerprint density at radius 2 is 2.21 bits per heavy atom. The van der Waals surface area contributed by atoms with Gasteiger partial charge in [-0.2, -0.15) is 0 Å². The lowest BCUT2D eigenvalue weighted by atomic mass is 10.1. The maximum Gasteiger partial charge on any atom is 0.138 e. The van der Waals surface area contributed by atoms with Crippen molar-refractivity contribution in [1.82, 2.24) is 0 Å². The molecular formula is C11H10ClFO. The molecule has 0 unspecified atom stereocenters. The lowest BCUT2D eigenvalue weighted by molar-refractivity contribution is 0.281. The Morgan fingerprint density at radius 1 is 1.43 bits per heavy atom. The average Bonchev–Trinajstić information content (AvgIpc) is 2.21. The van der Waals surface area contributed by atoms with Gasteiger partial charge in [-0.1, -0.05) is 17.9 Å². The monoisotopic (exact) mass is 212 g/mol. The molecule has 0 radical (unpaired) electrons. The smallest absolute Gasteiger partial charge is 0.138 e. The number of benzene rings is 1. The van der Waals surface area contributed by atoms with Crippen LogP contribution in [0.3, 0.4) is 0 Å². The Morgan fingerprint density at radius 3 is 2.86 bits per heavy atom. The fourth-order valence-corrected chi connectivity index (χ4v) is 1.07. The molecule has 0 aliphatic carbocycles. The van der Waals surface area contributed by atoms with Gasteiger partial charge in [-0.05, 0) is 17.7 Å². The Hall–Kier alpha value is -1.04. The first-order valence-electron chi connectivity index (χ1n) is 4.22. The Bertz CT molecular complexity index is 365. The van der Waals surface area contributed by atoms with Crippen LogP contribution >= 0.6 is 11.6 Å². The quantitative estimate of drug-likeness (QED) is 0.589. The zero-order chi connectivity index (χ0) is 10.4. The highest BCUT2D eigenvalue weighted by Gasteiger charge is 1.99. The second-order valence-electron chi connectivity index (χ2n) is 2.71. The standard InChI is InChI=1S/C11H10ClFO/c12-6-2-1-3-10-7-9(8-14)4-5-11(10)13/h4-5,7,14H,2,6,8H2. The average molecular weight is 213 g/mol. The molecule has 1 N–H and O–H groups in total. The molecule has 1 rings (SSSR count). The van der Waals surface area contributed by atoms with Gasteiger partial charge in [-0.3, -0.25) is 0 Å². The molecule has 0 spiro atoms. The van der Waals surface area contributed by atoms with Crippen LogP contribution in [0.1, 0.15) is 17.5 Å². The molecular weight excluding hydrogens is 203 g/mol. The minimum Gasteiger partial charge on any atom is -0.392 e. The molecule has 0 aromatic heterocycles. The van der Waals surface area contributed by atoms with E-state index in [-0.39, 0.29) is 12.4 Å². The first kappa shape index (κ1) is 11.0. The van der Waals surface area contributed by atoms with Crippen LogP contribution in [0.2, 0.25) is 0 Å². The van der Waals surface area contributed by atoms with Crippen LogP contribution in [-0.2, 0) is 6.61 Å². The summed E-state index contributed by atoms with van der Waals surface area (Å²) in [6.07, 6.45) is 0.532. The number of hydrogen-bond acceptors (Lipinski definition) is 1. The van der Waals surface area contributed by atoms with Gasteiger partial charge in [0, 0.05) is 12.3 Å². The van der Waals surface area contributed by atoms with Gasteiger partial charge >= 0.3 is 0 Å². The van der Waals surface area contributed by atoms with Gasteiger partial charge in [-0.15, -0.1) is 11.6 Å². The van der Waals surface area contributed by atoms with Crippen LogP contribution in [0.4, 0.5) is 4.39 Å². The maximum atomic E-state index is 13.1. The summed E-state index contributed by atoms with van der Waals surface area (Å²) < 4.78 is 13.1. The molecule has 3 heteroatoms. The van der Waals surface area contributed by atoms with Gasteiger partial charge in [0.15, 0.2) is 0 Å². The molecule has 0 saturated heterocycles. The summed E-state index contributed by atoms with van der Waals surface area (Å²) in [4.78, 5) is 0. The van der Waals surface area contributed by atoms with E-state index in [4.69, 9.17) is 16.7 Å². The summed E-state index contributed by atoms with van der Waals surface area (Å²) in [7, 11) is 0. The van der Waals surface area contributed by atoms with Crippen LogP contribution in [0.25, 0.3) is 0 Å². The van der Waals surface area contributed by atoms with Crippen LogP contribution in [-0.4, -0.2) is 11.0 Å². The van der Waals surface area contributed by atoms with Crippen LogP contribution in [0.15, 0.2) is 18.2 Å². The normalized spacial score (nSPS) is 9.36. The van der Waals surface area contributed by atoms with Crippen LogP contribution in [0.5, 0.6) is 0 Å². The van der Waals surface area contributed by atoms with E-state index in [0.717, 1.165) is 0 Å². The molecule has 0 aliphatic heterocycles. The first-order chi connectivity index (χ1) is 6.77. The van der Waals surface area contributed by atoms with Crippen molar-refractivity contribution in [3.8, 4) is 11.8 Å². The topological polar surface area (TPSA) is 20.2 Å². The largest absolute Gasteiger partial charge is 0.392 e. The highest BCUT2D eigenvalue weighted by Crippen LogP contribution is 2.09. The number of alkyl halides is 1. The minimum atomic E-state index is -0.371. The van der Waals surface area contributed by atoms with E-state index >= 15 is 0 Å². The molecule has 14 heavy (non-hydrogen) atoms. The SMILES string of the molecule is OCc1ccc(F)c(C#CCCCl)c1. The summed E-state index contributed by atoms with van der Waals surface area (Å²) in [6.45, 7) is -0.107. The second kappa shape index (κ2) is 5.64. The van der Waals surface area contributed by atoms with E-state index in [1.54, 1.807) is 0 Å². The van der Waals surface area contributed by atoms with E-state index in [9.17, 15) is 4.39 Å². The first-order valence-corrected chi connectivity index (χ1v) is 4.75. The van der Waals surface area contributed by atoms with Gasteiger partial charge in [0.2, 0.25) is 0 Å². The van der Waals surface area contributed by atoms with Crippen LogP contribution < -0.4 is 0 Å². The number of rotatable bonds is 2. The van der Waals surface area contributed by atoms with Gasteiger partial charge < -0.3 is 5.11 Å². The van der Waals surface area contributed by atoms with Crippen molar-refractivity contribution in [2.45, 2.75) is 13.0 Å². The fraction of sp³-hybridized carbons (Fsp3) is 0.273. The third-order valence-corrected chi connectivity index (χ3v) is 1.84. The molecule has 0 bridgehead atoms. The van der Waals surface area contributed by atoms with Gasteiger partial charge in [0.25, 0.3) is 0 Å². The zero-order valence-electron chi connectivity index (χ0n) is 7.56. The number of hydrogen-bond donors (Lipinski definition) is 1. The van der Waals surface area contributed by atoms with Crippen molar-refractivity contribution in [2.24, 2.45) is 0 Å². The van der Waals surface area contributed by atoms with E-state index in [0.29, 0.717) is 23.4 Å². The zero-order valence-corrected chi connectivity index (χ0v) is 8.31. The van der Waals surface area contributed by atoms with E-state index < -0.39 is 0 Å². The van der Waals surface area contributed by atoms with E-state index in [1.807, 2.05) is 0 Å². The molecule has 0 heterocycles. The lowest BCUT2D eigenvalue weighted by Crippen LogP contribution is -1.88. The van der Waals surface area contributed by atoms with Crippen molar-refractivity contribution in [1.29, 1.82) is 0 Å². The van der Waals surface area contributed by atoms with Gasteiger partial charge in [-0.25, -0.2) is 4.39 Å². The van der Waals surface area contributed by atoms with Gasteiger partial charge in [0.05, 0.1) is 12.2 Å². The minimum absolute atomic E-state index is 0.107. The summed E-state index contributed by atoms with van der Waals surface area (Å²) in [6, 6.07) is 4.37. The predicted molar refractivity (Wildman–Crippen MR) is 54.5 cm³/mol. The molecule has 1 nitrogen and oxygen atoms in total. The Labute approximate surface area is 87.5 Å². The summed E-state index contributed by atoms with van der Waals surface area (Å²) >= 11 is 5.43. The number of aliphatic hydroxyl groups is 1. The second-order valence-corrected chi connectivity index (χ2v) is 3.09. The van der Waals surface area contributed by atoms with Crippen molar-refractivity contribution >= 4 is 11.6 Å². The van der Waals surface area contributed by atoms with Gasteiger partial charge in [0.1, 0.15) is 5.82 Å². The Kier molecular flexibility index (Phi) is 4.45. The van der Waals surface area contributed by atoms with E-state index in [2.05, 4.69) is 11.8 Å². The fourth-order valence-electron chi connectivity index (χ4n) is 0.972. The maximum absolute atomic E-state index is 13.1. The van der Waals surface area contributed by atoms with Crippen molar-refractivity contribution < 1.29 is 9.50 Å². The van der Waals surface area contributed by atoms with Crippen LogP contribution in [0, 0.1) is 17.7 Å². The molecule has 1 aromatic rings. The van der Waals surface area contributed by atoms with Crippen molar-refractivity contribution in [2.75, 3.05) is 5.88 Å². The van der Waals surface area contributed by atoms with Crippen molar-refractivity contribution in [3.63, 3.8) is 0 Å². The number of aliphatic hydroxyl groups excluding tert-OH is 1. The summed E-state index contributed by atoms with van der Waals surface area (Å²) in [5.74, 6) is 5.48. The summed E-state index contributed by atoms with van der Waals surface area (Å²) in [5, 5.41) is 8.83. The van der Waals surface area contributed by atoms with Crippen molar-refractivity contribution in [3.05, 3.63) is 35.1 Å². The highest BCUT2D eigenvalue weighted by molar-refractivity contribution is 6.18. The molecule has 0 fully saturated rings. The molecule has 0 aliphatic rings. The predicted octanol–water partition coefficient (Wildman–Crippen LogP) is 2.30. The highest BCUT2D eigenvalue weighted by atomic mass is 35.5. The molecule has 0 saturated carbocycles. The molecule has 0 amide bonds. The third kappa shape index (κ3) is 3.02. The molecule has 74 valence electrons. The lowest BCUT2D eigenvalue weighted by Gasteiger charge is -1.98.